The standard InChI is InChI=1S/C14H18N4O3/c1-4-18-9-16-17-13(18)8-15-14(19)10-5-6-11(20-2)12(7-10)21-3/h5-7,9H,4,8H2,1-3H3,(H,15,19). The average Bonchev–Trinajstić information content (AvgIpc) is 2.99. The summed E-state index contributed by atoms with van der Waals surface area (Å²) >= 11 is 0. The summed E-state index contributed by atoms with van der Waals surface area (Å²) < 4.78 is 12.2. The number of amides is 1. The minimum Gasteiger partial charge on any atom is -0.493 e. The SMILES string of the molecule is CCn1cnnc1CNC(=O)c1ccc(OC)c(OC)c1. The van der Waals surface area contributed by atoms with Gasteiger partial charge in [0.25, 0.3) is 5.91 Å². The lowest BCUT2D eigenvalue weighted by Gasteiger charge is -2.10. The maximum Gasteiger partial charge on any atom is 0.251 e. The smallest absolute Gasteiger partial charge is 0.251 e. The van der Waals surface area contributed by atoms with Crippen LogP contribution in [0.3, 0.4) is 0 Å². The zero-order valence-corrected chi connectivity index (χ0v) is 12.3. The maximum atomic E-state index is 12.1. The highest BCUT2D eigenvalue weighted by Crippen LogP contribution is 2.27. The molecule has 0 bridgehead atoms. The Morgan fingerprint density at radius 3 is 2.71 bits per heavy atom. The van der Waals surface area contributed by atoms with Gasteiger partial charge >= 0.3 is 0 Å². The van der Waals surface area contributed by atoms with Gasteiger partial charge in [0.05, 0.1) is 20.8 Å². The highest BCUT2D eigenvalue weighted by molar-refractivity contribution is 5.94. The molecule has 1 amide bonds. The van der Waals surface area contributed by atoms with Crippen molar-refractivity contribution in [1.29, 1.82) is 0 Å². The molecule has 0 radical (unpaired) electrons. The van der Waals surface area contributed by atoms with Gasteiger partial charge in [-0.2, -0.15) is 0 Å². The first-order valence-corrected chi connectivity index (χ1v) is 6.56. The molecule has 112 valence electrons. The predicted octanol–water partition coefficient (Wildman–Crippen LogP) is 1.25. The third-order valence-corrected chi connectivity index (χ3v) is 3.09. The van der Waals surface area contributed by atoms with Gasteiger partial charge in [0.1, 0.15) is 6.33 Å². The number of hydrogen-bond donors (Lipinski definition) is 1. The van der Waals surface area contributed by atoms with Crippen molar-refractivity contribution in [2.75, 3.05) is 14.2 Å². The van der Waals surface area contributed by atoms with E-state index in [0.29, 0.717) is 29.4 Å². The van der Waals surface area contributed by atoms with Crippen LogP contribution in [0.2, 0.25) is 0 Å². The number of ether oxygens (including phenoxy) is 2. The van der Waals surface area contributed by atoms with Crippen molar-refractivity contribution in [3.05, 3.63) is 35.9 Å². The van der Waals surface area contributed by atoms with Crippen LogP contribution in [0, 0.1) is 0 Å². The Morgan fingerprint density at radius 2 is 2.05 bits per heavy atom. The molecule has 0 aliphatic heterocycles. The normalized spacial score (nSPS) is 10.2. The zero-order chi connectivity index (χ0) is 15.2. The van der Waals surface area contributed by atoms with E-state index < -0.39 is 0 Å². The second-order valence-electron chi connectivity index (χ2n) is 4.29. The largest absolute Gasteiger partial charge is 0.493 e. The third kappa shape index (κ3) is 3.31. The van der Waals surface area contributed by atoms with Crippen LogP contribution < -0.4 is 14.8 Å². The molecular formula is C14H18N4O3. The molecule has 1 aromatic heterocycles. The van der Waals surface area contributed by atoms with Gasteiger partial charge < -0.3 is 19.4 Å². The monoisotopic (exact) mass is 290 g/mol. The number of carbonyl (C=O) groups is 1. The Balaban J connectivity index is 2.07. The summed E-state index contributed by atoms with van der Waals surface area (Å²) in [7, 11) is 3.08. The number of nitrogens with zero attached hydrogens (tertiary/aromatic N) is 3. The highest BCUT2D eigenvalue weighted by Gasteiger charge is 2.11. The van der Waals surface area contributed by atoms with Crippen molar-refractivity contribution in [2.45, 2.75) is 20.0 Å². The van der Waals surface area contributed by atoms with Crippen molar-refractivity contribution in [2.24, 2.45) is 0 Å². The van der Waals surface area contributed by atoms with Gasteiger partial charge in [0.15, 0.2) is 17.3 Å². The van der Waals surface area contributed by atoms with E-state index in [1.54, 1.807) is 31.6 Å². The molecule has 0 aliphatic carbocycles. The molecule has 21 heavy (non-hydrogen) atoms. The van der Waals surface area contributed by atoms with Crippen LogP contribution in [0.5, 0.6) is 11.5 Å². The lowest BCUT2D eigenvalue weighted by atomic mass is 10.2. The summed E-state index contributed by atoms with van der Waals surface area (Å²) in [6, 6.07) is 5.02. The summed E-state index contributed by atoms with van der Waals surface area (Å²) in [6.45, 7) is 3.07. The molecule has 0 atom stereocenters. The van der Waals surface area contributed by atoms with E-state index >= 15 is 0 Å². The van der Waals surface area contributed by atoms with Gasteiger partial charge in [-0.1, -0.05) is 0 Å². The summed E-state index contributed by atoms with van der Waals surface area (Å²) in [5.74, 6) is 1.61. The average molecular weight is 290 g/mol. The van der Waals surface area contributed by atoms with Crippen molar-refractivity contribution in [3.63, 3.8) is 0 Å². The van der Waals surface area contributed by atoms with Crippen LogP contribution in [-0.2, 0) is 13.1 Å². The molecule has 0 spiro atoms. The molecule has 0 unspecified atom stereocenters. The molecule has 0 saturated heterocycles. The molecule has 0 saturated carbocycles. The number of methoxy groups -OCH3 is 2. The fraction of sp³-hybridized carbons (Fsp3) is 0.357. The van der Waals surface area contributed by atoms with E-state index in [0.717, 1.165) is 6.54 Å². The highest BCUT2D eigenvalue weighted by atomic mass is 16.5. The number of rotatable bonds is 6. The molecule has 0 aliphatic rings. The summed E-state index contributed by atoms with van der Waals surface area (Å²) in [6.07, 6.45) is 1.64. The topological polar surface area (TPSA) is 78.3 Å². The van der Waals surface area contributed by atoms with Crippen LogP contribution in [0.25, 0.3) is 0 Å². The second-order valence-corrected chi connectivity index (χ2v) is 4.29. The van der Waals surface area contributed by atoms with E-state index in [2.05, 4.69) is 15.5 Å². The van der Waals surface area contributed by atoms with Gasteiger partial charge in [-0.25, -0.2) is 0 Å². The van der Waals surface area contributed by atoms with Gasteiger partial charge in [0, 0.05) is 12.1 Å². The van der Waals surface area contributed by atoms with Crippen LogP contribution in [0.1, 0.15) is 23.1 Å². The Labute approximate surface area is 122 Å². The Bertz CT molecular complexity index is 624. The minimum atomic E-state index is -0.207. The van der Waals surface area contributed by atoms with Crippen molar-refractivity contribution in [1.82, 2.24) is 20.1 Å². The Morgan fingerprint density at radius 1 is 1.29 bits per heavy atom. The summed E-state index contributed by atoms with van der Waals surface area (Å²) in [5, 5.41) is 10.6. The quantitative estimate of drug-likeness (QED) is 0.866. The maximum absolute atomic E-state index is 12.1. The number of carbonyl (C=O) groups excluding carboxylic acids is 1. The van der Waals surface area contributed by atoms with E-state index in [4.69, 9.17) is 9.47 Å². The Kier molecular flexibility index (Phi) is 4.76. The minimum absolute atomic E-state index is 0.207. The first-order chi connectivity index (χ1) is 10.2. The van der Waals surface area contributed by atoms with Gasteiger partial charge in [-0.05, 0) is 25.1 Å². The van der Waals surface area contributed by atoms with Gasteiger partial charge in [0.2, 0.25) is 0 Å². The molecule has 1 N–H and O–H groups in total. The molecule has 7 nitrogen and oxygen atoms in total. The summed E-state index contributed by atoms with van der Waals surface area (Å²) in [4.78, 5) is 12.1. The number of nitrogens with one attached hydrogen (secondary N) is 1. The number of hydrogen-bond acceptors (Lipinski definition) is 5. The first kappa shape index (κ1) is 14.8. The molecule has 0 fully saturated rings. The number of aryl methyl sites for hydroxylation is 1. The lowest BCUT2D eigenvalue weighted by Crippen LogP contribution is -2.24. The van der Waals surface area contributed by atoms with Crippen LogP contribution in [0.4, 0.5) is 0 Å². The van der Waals surface area contributed by atoms with Gasteiger partial charge in [-0.15, -0.1) is 10.2 Å². The molecule has 2 rings (SSSR count). The third-order valence-electron chi connectivity index (χ3n) is 3.09. The van der Waals surface area contributed by atoms with Crippen molar-refractivity contribution >= 4 is 5.91 Å². The zero-order valence-electron chi connectivity index (χ0n) is 12.3. The molecule has 1 aromatic carbocycles. The number of benzene rings is 1. The van der Waals surface area contributed by atoms with E-state index in [9.17, 15) is 4.79 Å². The summed E-state index contributed by atoms with van der Waals surface area (Å²) in [5.41, 5.74) is 0.496. The van der Waals surface area contributed by atoms with Crippen molar-refractivity contribution in [3.8, 4) is 11.5 Å². The molecule has 1 heterocycles. The molecule has 7 heteroatoms. The van der Waals surface area contributed by atoms with Crippen molar-refractivity contribution < 1.29 is 14.3 Å². The first-order valence-electron chi connectivity index (χ1n) is 6.56. The van der Waals surface area contributed by atoms with Gasteiger partial charge in [-0.3, -0.25) is 4.79 Å². The van der Waals surface area contributed by atoms with Crippen LogP contribution in [0.15, 0.2) is 24.5 Å². The van der Waals surface area contributed by atoms with E-state index in [-0.39, 0.29) is 5.91 Å². The van der Waals surface area contributed by atoms with Crippen LogP contribution in [-0.4, -0.2) is 34.9 Å². The van der Waals surface area contributed by atoms with E-state index in [1.807, 2.05) is 11.5 Å². The Hall–Kier alpha value is -2.57. The second kappa shape index (κ2) is 6.74. The predicted molar refractivity (Wildman–Crippen MR) is 76.4 cm³/mol. The van der Waals surface area contributed by atoms with Crippen LogP contribution >= 0.6 is 0 Å². The molecular weight excluding hydrogens is 272 g/mol. The van der Waals surface area contributed by atoms with E-state index in [1.165, 1.54) is 7.11 Å². The molecule has 2 aromatic rings. The number of aromatic nitrogens is 3. The fourth-order valence-corrected chi connectivity index (χ4v) is 1.92. The fourth-order valence-electron chi connectivity index (χ4n) is 1.92. The lowest BCUT2D eigenvalue weighted by molar-refractivity contribution is 0.0949.